The molecule has 0 saturated carbocycles. The number of pyridine rings is 1. The van der Waals surface area contributed by atoms with Crippen molar-refractivity contribution in [1.29, 1.82) is 0 Å². The van der Waals surface area contributed by atoms with E-state index < -0.39 is 0 Å². The van der Waals surface area contributed by atoms with Crippen molar-refractivity contribution in [1.82, 2.24) is 34.9 Å². The van der Waals surface area contributed by atoms with Gasteiger partial charge in [-0.3, -0.25) is 9.29 Å². The van der Waals surface area contributed by atoms with Crippen LogP contribution in [-0.4, -0.2) is 47.2 Å². The molecule has 0 spiro atoms. The summed E-state index contributed by atoms with van der Waals surface area (Å²) in [5.41, 5.74) is 2.43. The number of rotatable bonds is 9. The average Bonchev–Trinajstić information content (AvgIpc) is 3.44. The van der Waals surface area contributed by atoms with Crippen molar-refractivity contribution in [2.45, 2.75) is 51.8 Å². The lowest BCUT2D eigenvalue weighted by Crippen LogP contribution is -2.16. The van der Waals surface area contributed by atoms with Gasteiger partial charge in [0.25, 0.3) is 0 Å². The number of hydrogen-bond acceptors (Lipinski definition) is 10. The van der Waals surface area contributed by atoms with Crippen LogP contribution in [0.2, 0.25) is 5.02 Å². The van der Waals surface area contributed by atoms with Crippen LogP contribution in [0.4, 0.5) is 5.95 Å². The molecule has 0 radical (unpaired) electrons. The Morgan fingerprint density at radius 1 is 1.11 bits per heavy atom. The summed E-state index contributed by atoms with van der Waals surface area (Å²) >= 11 is 7.46. The van der Waals surface area contributed by atoms with Gasteiger partial charge in [0.2, 0.25) is 11.8 Å². The first-order valence-corrected chi connectivity index (χ1v) is 12.3. The third-order valence-corrected chi connectivity index (χ3v) is 7.11. The maximum absolute atomic E-state index is 5.94. The fraction of sp³-hybridized carbons (Fsp3) is 0.391. The van der Waals surface area contributed by atoms with Gasteiger partial charge in [-0.05, 0) is 38.8 Å². The zero-order chi connectivity index (χ0) is 25.1. The molecule has 12 heteroatoms. The van der Waals surface area contributed by atoms with Gasteiger partial charge >= 0.3 is 0 Å². The Kier molecular flexibility index (Phi) is 7.56. The molecule has 4 heterocycles. The molecule has 3 atom stereocenters. The predicted molar refractivity (Wildman–Crippen MR) is 136 cm³/mol. The minimum atomic E-state index is -0.172. The van der Waals surface area contributed by atoms with Crippen molar-refractivity contribution in [3.05, 3.63) is 58.5 Å². The van der Waals surface area contributed by atoms with Gasteiger partial charge in [-0.1, -0.05) is 36.7 Å². The van der Waals surface area contributed by atoms with Gasteiger partial charge in [-0.15, -0.1) is 10.2 Å². The second-order valence-electron chi connectivity index (χ2n) is 8.17. The Balaban J connectivity index is 1.66. The van der Waals surface area contributed by atoms with Gasteiger partial charge in [0.15, 0.2) is 5.82 Å². The molecule has 0 bridgehead atoms. The number of ether oxygens (including phenoxy) is 1. The summed E-state index contributed by atoms with van der Waals surface area (Å²) in [6, 6.07) is 5.37. The van der Waals surface area contributed by atoms with Gasteiger partial charge in [0.1, 0.15) is 17.3 Å². The normalized spacial score (nSPS) is 13.9. The number of aromatic nitrogens is 7. The molecule has 0 amide bonds. The molecule has 4 aromatic rings. The van der Waals surface area contributed by atoms with Crippen molar-refractivity contribution in [3.8, 4) is 17.4 Å². The van der Waals surface area contributed by atoms with Gasteiger partial charge in [-0.25, -0.2) is 15.0 Å². The molecule has 0 aliphatic carbocycles. The molecule has 4 rings (SSSR count). The molecule has 0 aliphatic heterocycles. The van der Waals surface area contributed by atoms with Crippen molar-refractivity contribution < 1.29 is 9.26 Å². The summed E-state index contributed by atoms with van der Waals surface area (Å²) in [5, 5.41) is 13.7. The van der Waals surface area contributed by atoms with E-state index in [2.05, 4.69) is 55.8 Å². The molecule has 0 saturated heterocycles. The van der Waals surface area contributed by atoms with Crippen LogP contribution in [0, 0.1) is 13.8 Å². The van der Waals surface area contributed by atoms with E-state index in [-0.39, 0.29) is 17.2 Å². The van der Waals surface area contributed by atoms with Gasteiger partial charge in [0, 0.05) is 35.2 Å². The van der Waals surface area contributed by atoms with Crippen molar-refractivity contribution in [2.75, 3.05) is 11.8 Å². The van der Waals surface area contributed by atoms with E-state index in [1.54, 1.807) is 25.6 Å². The standard InChI is InChI=1S/C23H27ClN8O2S/c1-12(21-25-10-17(24)11-26-21)16(5)35-31-23-29-28-22(18-8-7-9-19(27-18)33-6)32(23)14(3)20-13(2)30-34-15(20)4/h7-12,14,16H,1-6H3,(H,29,31)/t12?,14-,16?/m1/s1. The van der Waals surface area contributed by atoms with Gasteiger partial charge in [-0.2, -0.15) is 0 Å². The highest BCUT2D eigenvalue weighted by molar-refractivity contribution is 8.01. The van der Waals surface area contributed by atoms with Crippen LogP contribution in [0.15, 0.2) is 35.1 Å². The highest BCUT2D eigenvalue weighted by Gasteiger charge is 2.27. The zero-order valence-corrected chi connectivity index (χ0v) is 21.9. The molecular formula is C23H27ClN8O2S. The summed E-state index contributed by atoms with van der Waals surface area (Å²) in [6.07, 6.45) is 3.22. The molecule has 2 unspecified atom stereocenters. The third kappa shape index (κ3) is 5.25. The van der Waals surface area contributed by atoms with E-state index in [1.807, 2.05) is 30.5 Å². The molecule has 0 aliphatic rings. The Morgan fingerprint density at radius 3 is 2.51 bits per heavy atom. The monoisotopic (exact) mass is 514 g/mol. The second kappa shape index (κ2) is 10.6. The summed E-state index contributed by atoms with van der Waals surface area (Å²) in [6.45, 7) is 10.1. The minimum absolute atomic E-state index is 0.0700. The van der Waals surface area contributed by atoms with Crippen LogP contribution in [0.1, 0.15) is 55.6 Å². The Bertz CT molecular complexity index is 1270. The molecule has 184 valence electrons. The van der Waals surface area contributed by atoms with E-state index >= 15 is 0 Å². The Hall–Kier alpha value is -3.18. The van der Waals surface area contributed by atoms with Crippen LogP contribution in [0.5, 0.6) is 5.88 Å². The van der Waals surface area contributed by atoms with Gasteiger partial charge in [0.05, 0.1) is 23.9 Å². The summed E-state index contributed by atoms with van der Waals surface area (Å²) in [7, 11) is 1.58. The summed E-state index contributed by atoms with van der Waals surface area (Å²) < 4.78 is 16.1. The second-order valence-corrected chi connectivity index (χ2v) is 9.79. The van der Waals surface area contributed by atoms with Crippen LogP contribution < -0.4 is 9.46 Å². The van der Waals surface area contributed by atoms with E-state index in [9.17, 15) is 0 Å². The number of halogens is 1. The van der Waals surface area contributed by atoms with E-state index in [0.29, 0.717) is 28.4 Å². The zero-order valence-electron chi connectivity index (χ0n) is 20.4. The molecule has 0 aromatic carbocycles. The Morgan fingerprint density at radius 2 is 1.86 bits per heavy atom. The summed E-state index contributed by atoms with van der Waals surface area (Å²) in [5.74, 6) is 3.22. The Labute approximate surface area is 213 Å². The maximum Gasteiger partial charge on any atom is 0.235 e. The van der Waals surface area contributed by atoms with Crippen LogP contribution in [0.25, 0.3) is 11.5 Å². The number of anilines is 1. The number of methoxy groups -OCH3 is 1. The topological polar surface area (TPSA) is 117 Å². The smallest absolute Gasteiger partial charge is 0.235 e. The molecular weight excluding hydrogens is 488 g/mol. The SMILES string of the molecule is COc1cccc(-c2nnc(NSC(C)C(C)c3ncc(Cl)cn3)n2[C@H](C)c2c(C)noc2C)n1. The highest BCUT2D eigenvalue weighted by atomic mass is 35.5. The van der Waals surface area contributed by atoms with E-state index in [1.165, 1.54) is 11.9 Å². The van der Waals surface area contributed by atoms with Crippen LogP contribution in [0.3, 0.4) is 0 Å². The largest absolute Gasteiger partial charge is 0.481 e. The van der Waals surface area contributed by atoms with E-state index in [4.69, 9.17) is 20.9 Å². The fourth-order valence-corrected chi connectivity index (χ4v) is 4.64. The fourth-order valence-electron chi connectivity index (χ4n) is 3.79. The lowest BCUT2D eigenvalue weighted by atomic mass is 10.1. The van der Waals surface area contributed by atoms with Gasteiger partial charge < -0.3 is 9.26 Å². The first kappa shape index (κ1) is 24.9. The van der Waals surface area contributed by atoms with Crippen molar-refractivity contribution in [3.63, 3.8) is 0 Å². The lowest BCUT2D eigenvalue weighted by molar-refractivity contribution is 0.391. The first-order valence-electron chi connectivity index (χ1n) is 11.1. The van der Waals surface area contributed by atoms with Crippen molar-refractivity contribution >= 4 is 29.5 Å². The molecule has 35 heavy (non-hydrogen) atoms. The lowest BCUT2D eigenvalue weighted by Gasteiger charge is -2.21. The highest BCUT2D eigenvalue weighted by Crippen LogP contribution is 2.34. The average molecular weight is 515 g/mol. The first-order chi connectivity index (χ1) is 16.8. The minimum Gasteiger partial charge on any atom is -0.481 e. The quantitative estimate of drug-likeness (QED) is 0.296. The number of aryl methyl sites for hydroxylation is 2. The molecule has 10 nitrogen and oxygen atoms in total. The number of hydrogen-bond donors (Lipinski definition) is 1. The third-order valence-electron chi connectivity index (χ3n) is 5.84. The van der Waals surface area contributed by atoms with Crippen molar-refractivity contribution in [2.24, 2.45) is 0 Å². The maximum atomic E-state index is 5.94. The number of nitrogens with one attached hydrogen (secondary N) is 1. The molecule has 0 fully saturated rings. The predicted octanol–water partition coefficient (Wildman–Crippen LogP) is 5.26. The van der Waals surface area contributed by atoms with Crippen LogP contribution >= 0.6 is 23.5 Å². The molecule has 4 aromatic heterocycles. The molecule has 1 N–H and O–H groups in total. The van der Waals surface area contributed by atoms with E-state index in [0.717, 1.165) is 22.8 Å². The number of nitrogens with zero attached hydrogens (tertiary/aromatic N) is 7. The van der Waals surface area contributed by atoms with Crippen LogP contribution in [-0.2, 0) is 0 Å². The summed E-state index contributed by atoms with van der Waals surface area (Å²) in [4.78, 5) is 13.3.